The minimum Gasteiger partial charge on any atom is -0.467 e. The maximum atomic E-state index is 12.8. The Morgan fingerprint density at radius 1 is 1.05 bits per heavy atom. The number of thioether (sulfide) groups is 1. The number of carbonyl (C=O) groups excluding carboxylic acids is 2. The summed E-state index contributed by atoms with van der Waals surface area (Å²) in [6, 6.07) is 21.6. The first-order valence-electron chi connectivity index (χ1n) is 11.9. The summed E-state index contributed by atoms with van der Waals surface area (Å²) < 4.78 is 33.6. The van der Waals surface area contributed by atoms with Crippen LogP contribution >= 0.6 is 23.4 Å². The van der Waals surface area contributed by atoms with Gasteiger partial charge in [-0.05, 0) is 78.7 Å². The zero-order valence-electron chi connectivity index (χ0n) is 20.8. The maximum absolute atomic E-state index is 12.8. The average molecular weight is 582 g/mol. The second kappa shape index (κ2) is 11.2. The molecule has 1 saturated heterocycles. The van der Waals surface area contributed by atoms with Crippen LogP contribution in [0.4, 0.5) is 11.4 Å². The summed E-state index contributed by atoms with van der Waals surface area (Å²) in [5, 5.41) is 3.08. The average Bonchev–Trinajstić information content (AvgIpc) is 3.57. The van der Waals surface area contributed by atoms with Gasteiger partial charge in [0.05, 0.1) is 29.1 Å². The van der Waals surface area contributed by atoms with E-state index in [2.05, 4.69) is 10.0 Å². The van der Waals surface area contributed by atoms with E-state index in [-0.39, 0.29) is 22.1 Å². The van der Waals surface area contributed by atoms with E-state index in [1.807, 2.05) is 18.2 Å². The minimum absolute atomic E-state index is 0.0339. The van der Waals surface area contributed by atoms with Gasteiger partial charge in [-0.2, -0.15) is 0 Å². The van der Waals surface area contributed by atoms with Gasteiger partial charge in [0.25, 0.3) is 15.9 Å². The van der Waals surface area contributed by atoms with E-state index in [0.29, 0.717) is 45.6 Å². The second-order valence-corrected chi connectivity index (χ2v) is 12.0. The Hall–Kier alpha value is -3.73. The van der Waals surface area contributed by atoms with Gasteiger partial charge in [0.1, 0.15) is 11.1 Å². The molecule has 0 saturated carbocycles. The molecule has 5 rings (SSSR count). The number of hydrogen-bond donors (Lipinski definition) is 2. The minimum atomic E-state index is -3.85. The van der Waals surface area contributed by atoms with Gasteiger partial charge in [0, 0.05) is 16.3 Å². The standard InChI is InChI=1S/C28H24ClN3O5S2/c1-18-24(29)5-2-6-25(18)31-39(35,36)23-13-11-21(12-14-23)30-27(34)19-7-9-20(10-8-19)28-32(26(33)17-38-28)16-22-4-3-15-37-22/h2-15,28,31H,16-17H2,1H3,(H,30,34)/t28-/m0/s1. The fraction of sp³-hybridized carbons (Fsp3) is 0.143. The normalized spacial score (nSPS) is 15.4. The van der Waals surface area contributed by atoms with Crippen LogP contribution in [0.2, 0.25) is 5.02 Å². The van der Waals surface area contributed by atoms with E-state index in [1.54, 1.807) is 54.5 Å². The molecule has 1 atom stereocenters. The molecule has 8 nitrogen and oxygen atoms in total. The Labute approximate surface area is 235 Å². The zero-order valence-corrected chi connectivity index (χ0v) is 23.1. The highest BCUT2D eigenvalue weighted by Crippen LogP contribution is 2.39. The van der Waals surface area contributed by atoms with Crippen molar-refractivity contribution >= 4 is 56.6 Å². The largest absolute Gasteiger partial charge is 0.467 e. The predicted octanol–water partition coefficient (Wildman–Crippen LogP) is 6.07. The van der Waals surface area contributed by atoms with Crippen LogP contribution in [0.25, 0.3) is 0 Å². The molecule has 0 unspecified atom stereocenters. The number of carbonyl (C=O) groups is 2. The Balaban J connectivity index is 1.23. The van der Waals surface area contributed by atoms with Gasteiger partial charge in [-0.3, -0.25) is 14.3 Å². The molecule has 1 aliphatic heterocycles. The molecule has 0 bridgehead atoms. The monoisotopic (exact) mass is 581 g/mol. The highest BCUT2D eigenvalue weighted by molar-refractivity contribution is 8.00. The third-order valence-electron chi connectivity index (χ3n) is 6.27. The van der Waals surface area contributed by atoms with Crippen LogP contribution in [-0.4, -0.2) is 30.9 Å². The SMILES string of the molecule is Cc1c(Cl)cccc1NS(=O)(=O)c1ccc(NC(=O)c2ccc([C@@H]3SCC(=O)N3Cc3ccco3)cc2)cc1. The summed E-state index contributed by atoms with van der Waals surface area (Å²) in [4.78, 5) is 27.1. The number of amides is 2. The van der Waals surface area contributed by atoms with E-state index < -0.39 is 10.0 Å². The van der Waals surface area contributed by atoms with Crippen LogP contribution in [0.5, 0.6) is 0 Å². The van der Waals surface area contributed by atoms with Gasteiger partial charge in [-0.25, -0.2) is 8.42 Å². The van der Waals surface area contributed by atoms with Crippen LogP contribution in [0.15, 0.2) is 94.4 Å². The molecule has 4 aromatic rings. The maximum Gasteiger partial charge on any atom is 0.261 e. The Kier molecular flexibility index (Phi) is 7.69. The number of furan rings is 1. The molecule has 200 valence electrons. The van der Waals surface area contributed by atoms with Crippen LogP contribution in [0.3, 0.4) is 0 Å². The fourth-order valence-electron chi connectivity index (χ4n) is 4.11. The van der Waals surface area contributed by atoms with Crippen molar-refractivity contribution in [2.24, 2.45) is 0 Å². The molecule has 0 spiro atoms. The first-order chi connectivity index (χ1) is 18.7. The third-order valence-corrected chi connectivity index (χ3v) is 9.31. The summed E-state index contributed by atoms with van der Waals surface area (Å²) in [7, 11) is -3.85. The Morgan fingerprint density at radius 2 is 1.79 bits per heavy atom. The number of benzene rings is 3. The summed E-state index contributed by atoms with van der Waals surface area (Å²) in [5.74, 6) is 0.785. The number of hydrogen-bond acceptors (Lipinski definition) is 6. The molecule has 2 amide bonds. The van der Waals surface area contributed by atoms with Gasteiger partial charge >= 0.3 is 0 Å². The molecule has 0 aliphatic carbocycles. The van der Waals surface area contributed by atoms with E-state index in [1.165, 1.54) is 36.0 Å². The summed E-state index contributed by atoms with van der Waals surface area (Å²) in [6.07, 6.45) is 1.58. The summed E-state index contributed by atoms with van der Waals surface area (Å²) >= 11 is 7.62. The lowest BCUT2D eigenvalue weighted by molar-refractivity contribution is -0.128. The van der Waals surface area contributed by atoms with Crippen LogP contribution in [0.1, 0.15) is 32.6 Å². The summed E-state index contributed by atoms with van der Waals surface area (Å²) in [5.41, 5.74) is 2.81. The van der Waals surface area contributed by atoms with Crippen molar-refractivity contribution in [3.8, 4) is 0 Å². The molecule has 1 aliphatic rings. The number of halogens is 1. The van der Waals surface area contributed by atoms with Crippen LogP contribution in [0, 0.1) is 6.92 Å². The van der Waals surface area contributed by atoms with Crippen molar-refractivity contribution in [1.82, 2.24) is 4.90 Å². The smallest absolute Gasteiger partial charge is 0.261 e. The Bertz CT molecular complexity index is 1610. The molecule has 11 heteroatoms. The third kappa shape index (κ3) is 5.98. The van der Waals surface area contributed by atoms with Crippen molar-refractivity contribution in [2.45, 2.75) is 23.7 Å². The molecule has 1 fully saturated rings. The highest BCUT2D eigenvalue weighted by Gasteiger charge is 2.33. The molecule has 2 N–H and O–H groups in total. The van der Waals surface area contributed by atoms with E-state index >= 15 is 0 Å². The van der Waals surface area contributed by atoms with Gasteiger partial charge in [-0.15, -0.1) is 11.8 Å². The molecular weight excluding hydrogens is 558 g/mol. The highest BCUT2D eigenvalue weighted by atomic mass is 35.5. The molecule has 3 aromatic carbocycles. The number of anilines is 2. The van der Waals surface area contributed by atoms with Crippen LogP contribution in [-0.2, 0) is 21.4 Å². The Morgan fingerprint density at radius 3 is 2.49 bits per heavy atom. The van der Waals surface area contributed by atoms with Gasteiger partial charge in [0.15, 0.2) is 0 Å². The number of nitrogens with zero attached hydrogens (tertiary/aromatic N) is 1. The molecule has 39 heavy (non-hydrogen) atoms. The van der Waals surface area contributed by atoms with Gasteiger partial charge < -0.3 is 14.6 Å². The second-order valence-electron chi connectivity index (χ2n) is 8.88. The first kappa shape index (κ1) is 26.9. The molecule has 1 aromatic heterocycles. The molecule has 2 heterocycles. The van der Waals surface area contributed by atoms with Crippen molar-refractivity contribution in [2.75, 3.05) is 15.8 Å². The van der Waals surface area contributed by atoms with E-state index in [0.717, 1.165) is 5.56 Å². The number of nitrogens with one attached hydrogen (secondary N) is 2. The lowest BCUT2D eigenvalue weighted by atomic mass is 10.1. The lowest BCUT2D eigenvalue weighted by Crippen LogP contribution is -2.27. The zero-order chi connectivity index (χ0) is 27.6. The van der Waals surface area contributed by atoms with E-state index in [4.69, 9.17) is 16.0 Å². The van der Waals surface area contributed by atoms with E-state index in [9.17, 15) is 18.0 Å². The van der Waals surface area contributed by atoms with Crippen molar-refractivity contribution < 1.29 is 22.4 Å². The first-order valence-corrected chi connectivity index (χ1v) is 14.8. The molecule has 0 radical (unpaired) electrons. The van der Waals surface area contributed by atoms with Crippen molar-refractivity contribution in [1.29, 1.82) is 0 Å². The van der Waals surface area contributed by atoms with Gasteiger partial charge in [0.2, 0.25) is 5.91 Å². The van der Waals surface area contributed by atoms with Crippen molar-refractivity contribution in [3.05, 3.63) is 113 Å². The van der Waals surface area contributed by atoms with Gasteiger partial charge in [-0.1, -0.05) is 29.8 Å². The van der Waals surface area contributed by atoms with Crippen LogP contribution < -0.4 is 10.0 Å². The quantitative estimate of drug-likeness (QED) is 0.261. The topological polar surface area (TPSA) is 109 Å². The number of rotatable bonds is 8. The lowest BCUT2D eigenvalue weighted by Gasteiger charge is -2.23. The molecular formula is C28H24ClN3O5S2. The predicted molar refractivity (Wildman–Crippen MR) is 152 cm³/mol. The number of sulfonamides is 1. The van der Waals surface area contributed by atoms with Crippen molar-refractivity contribution in [3.63, 3.8) is 0 Å². The summed E-state index contributed by atoms with van der Waals surface area (Å²) in [6.45, 7) is 2.11. The fourth-order valence-corrected chi connectivity index (χ4v) is 6.60.